The van der Waals surface area contributed by atoms with Gasteiger partial charge in [-0.3, -0.25) is 4.79 Å². The Morgan fingerprint density at radius 3 is 3.00 bits per heavy atom. The smallest absolute Gasteiger partial charge is 0.250 e. The van der Waals surface area contributed by atoms with E-state index in [4.69, 9.17) is 9.84 Å². The SMILES string of the molecule is CCCOCC(=O)Nc1ccc(F)cc1C#CCO. The predicted octanol–water partition coefficient (Wildman–Crippen LogP) is 1.53. The summed E-state index contributed by atoms with van der Waals surface area (Å²) in [4.78, 5) is 11.6. The maximum Gasteiger partial charge on any atom is 0.250 e. The summed E-state index contributed by atoms with van der Waals surface area (Å²) in [5.41, 5.74) is 0.713. The van der Waals surface area contributed by atoms with Gasteiger partial charge in [0.2, 0.25) is 5.91 Å². The van der Waals surface area contributed by atoms with Gasteiger partial charge in [-0.15, -0.1) is 0 Å². The molecule has 0 spiro atoms. The molecule has 4 nitrogen and oxygen atoms in total. The molecule has 2 N–H and O–H groups in total. The van der Waals surface area contributed by atoms with Crippen LogP contribution in [0.3, 0.4) is 0 Å². The van der Waals surface area contributed by atoms with E-state index in [1.807, 2.05) is 6.92 Å². The molecule has 0 fully saturated rings. The second-order valence-corrected chi connectivity index (χ2v) is 3.75. The molecule has 1 amide bonds. The molecule has 102 valence electrons. The zero-order valence-corrected chi connectivity index (χ0v) is 10.7. The van der Waals surface area contributed by atoms with Crippen LogP contribution in [0.2, 0.25) is 0 Å². The average Bonchev–Trinajstić information content (AvgIpc) is 2.39. The summed E-state index contributed by atoms with van der Waals surface area (Å²) in [5.74, 6) is 4.21. The van der Waals surface area contributed by atoms with Crippen LogP contribution in [0.5, 0.6) is 0 Å². The first kappa shape index (κ1) is 15.2. The lowest BCUT2D eigenvalue weighted by Gasteiger charge is -2.08. The van der Waals surface area contributed by atoms with Crippen LogP contribution in [0.15, 0.2) is 18.2 Å². The first-order valence-corrected chi connectivity index (χ1v) is 5.94. The average molecular weight is 265 g/mol. The fourth-order valence-corrected chi connectivity index (χ4v) is 1.36. The number of hydrogen-bond donors (Lipinski definition) is 2. The molecule has 0 saturated heterocycles. The lowest BCUT2D eigenvalue weighted by molar-refractivity contribution is -0.120. The van der Waals surface area contributed by atoms with Gasteiger partial charge in [0.05, 0.1) is 11.3 Å². The van der Waals surface area contributed by atoms with Crippen molar-refractivity contribution in [3.8, 4) is 11.8 Å². The van der Waals surface area contributed by atoms with Gasteiger partial charge in [0.1, 0.15) is 19.0 Å². The molecule has 1 aromatic carbocycles. The molecule has 1 aromatic rings. The lowest BCUT2D eigenvalue weighted by Crippen LogP contribution is -2.19. The maximum absolute atomic E-state index is 13.1. The Morgan fingerprint density at radius 2 is 2.32 bits per heavy atom. The number of amides is 1. The number of anilines is 1. The maximum atomic E-state index is 13.1. The molecular formula is C14H16FNO3. The van der Waals surface area contributed by atoms with Crippen molar-refractivity contribution >= 4 is 11.6 Å². The number of ether oxygens (including phenoxy) is 1. The van der Waals surface area contributed by atoms with Crippen molar-refractivity contribution in [1.82, 2.24) is 0 Å². The second-order valence-electron chi connectivity index (χ2n) is 3.75. The Morgan fingerprint density at radius 1 is 1.53 bits per heavy atom. The molecule has 0 radical (unpaired) electrons. The van der Waals surface area contributed by atoms with Crippen molar-refractivity contribution in [1.29, 1.82) is 0 Å². The molecule has 19 heavy (non-hydrogen) atoms. The molecule has 0 heterocycles. The van der Waals surface area contributed by atoms with Gasteiger partial charge in [-0.1, -0.05) is 18.8 Å². The molecule has 0 unspecified atom stereocenters. The van der Waals surface area contributed by atoms with Crippen LogP contribution >= 0.6 is 0 Å². The summed E-state index contributed by atoms with van der Waals surface area (Å²) in [5, 5.41) is 11.2. The Bertz CT molecular complexity index is 491. The van der Waals surface area contributed by atoms with Gasteiger partial charge in [0.15, 0.2) is 0 Å². The minimum absolute atomic E-state index is 0.0575. The van der Waals surface area contributed by atoms with Crippen LogP contribution in [-0.4, -0.2) is 30.8 Å². The largest absolute Gasteiger partial charge is 0.384 e. The molecule has 0 aliphatic heterocycles. The van der Waals surface area contributed by atoms with E-state index in [0.29, 0.717) is 17.9 Å². The minimum atomic E-state index is -0.456. The van der Waals surface area contributed by atoms with Crippen LogP contribution in [0.1, 0.15) is 18.9 Å². The van der Waals surface area contributed by atoms with Crippen LogP contribution in [0, 0.1) is 17.7 Å². The van der Waals surface area contributed by atoms with E-state index >= 15 is 0 Å². The number of nitrogens with one attached hydrogen (secondary N) is 1. The van der Waals surface area contributed by atoms with Gasteiger partial charge >= 0.3 is 0 Å². The quantitative estimate of drug-likeness (QED) is 0.627. The summed E-state index contributed by atoms with van der Waals surface area (Å²) in [6.07, 6.45) is 0.830. The molecule has 0 saturated carbocycles. The van der Waals surface area contributed by atoms with Gasteiger partial charge in [0, 0.05) is 6.61 Å². The summed E-state index contributed by atoms with van der Waals surface area (Å²) in [6.45, 7) is 2.07. The van der Waals surface area contributed by atoms with Crippen LogP contribution in [0.4, 0.5) is 10.1 Å². The summed E-state index contributed by atoms with van der Waals surface area (Å²) in [7, 11) is 0. The molecule has 1 rings (SSSR count). The lowest BCUT2D eigenvalue weighted by atomic mass is 10.1. The Hall–Kier alpha value is -1.90. The highest BCUT2D eigenvalue weighted by molar-refractivity contribution is 5.93. The van der Waals surface area contributed by atoms with Crippen LogP contribution in [0.25, 0.3) is 0 Å². The number of carbonyl (C=O) groups excluding carboxylic acids is 1. The first-order chi connectivity index (χ1) is 9.17. The Kier molecular flexibility index (Phi) is 6.58. The Labute approximate surface area is 111 Å². The molecule has 0 bridgehead atoms. The van der Waals surface area contributed by atoms with Gasteiger partial charge in [-0.2, -0.15) is 0 Å². The number of hydrogen-bond acceptors (Lipinski definition) is 3. The second kappa shape index (κ2) is 8.25. The molecule has 0 aliphatic carbocycles. The highest BCUT2D eigenvalue weighted by Gasteiger charge is 2.07. The zero-order chi connectivity index (χ0) is 14.1. The molecular weight excluding hydrogens is 249 g/mol. The van der Waals surface area contributed by atoms with Crippen molar-refractivity contribution in [2.45, 2.75) is 13.3 Å². The summed E-state index contributed by atoms with van der Waals surface area (Å²) >= 11 is 0. The number of carbonyl (C=O) groups is 1. The van der Waals surface area contributed by atoms with Crippen molar-refractivity contribution in [3.63, 3.8) is 0 Å². The van der Waals surface area contributed by atoms with Gasteiger partial charge in [0.25, 0.3) is 0 Å². The third kappa shape index (κ3) is 5.51. The van der Waals surface area contributed by atoms with E-state index in [1.165, 1.54) is 18.2 Å². The first-order valence-electron chi connectivity index (χ1n) is 5.94. The number of aliphatic hydroxyl groups is 1. The fourth-order valence-electron chi connectivity index (χ4n) is 1.36. The predicted molar refractivity (Wildman–Crippen MR) is 70.1 cm³/mol. The number of aliphatic hydroxyl groups excluding tert-OH is 1. The van der Waals surface area contributed by atoms with E-state index in [-0.39, 0.29) is 19.1 Å². The van der Waals surface area contributed by atoms with Crippen molar-refractivity contribution in [3.05, 3.63) is 29.6 Å². The molecule has 0 atom stereocenters. The van der Waals surface area contributed by atoms with E-state index in [0.717, 1.165) is 6.42 Å². The van der Waals surface area contributed by atoms with Gasteiger partial charge in [-0.25, -0.2) is 4.39 Å². The highest BCUT2D eigenvalue weighted by atomic mass is 19.1. The monoisotopic (exact) mass is 265 g/mol. The number of rotatable bonds is 5. The fraction of sp³-hybridized carbons (Fsp3) is 0.357. The van der Waals surface area contributed by atoms with E-state index < -0.39 is 5.82 Å². The topological polar surface area (TPSA) is 58.6 Å². The number of benzene rings is 1. The summed E-state index contributed by atoms with van der Waals surface area (Å²) < 4.78 is 18.2. The third-order valence-electron chi connectivity index (χ3n) is 2.14. The van der Waals surface area contributed by atoms with E-state index in [2.05, 4.69) is 17.2 Å². The van der Waals surface area contributed by atoms with Gasteiger partial charge < -0.3 is 15.2 Å². The van der Waals surface area contributed by atoms with Crippen LogP contribution in [-0.2, 0) is 9.53 Å². The molecule has 0 aliphatic rings. The third-order valence-corrected chi connectivity index (χ3v) is 2.14. The molecule has 5 heteroatoms. The standard InChI is InChI=1S/C14H16FNO3/c1-2-8-19-10-14(18)16-13-6-5-12(15)9-11(13)4-3-7-17/h5-6,9,17H,2,7-8,10H2,1H3,(H,16,18). The minimum Gasteiger partial charge on any atom is -0.384 e. The van der Waals surface area contributed by atoms with Crippen molar-refractivity contribution < 1.29 is 19.0 Å². The highest BCUT2D eigenvalue weighted by Crippen LogP contribution is 2.15. The summed E-state index contributed by atoms with van der Waals surface area (Å²) in [6, 6.07) is 3.85. The van der Waals surface area contributed by atoms with Gasteiger partial charge in [-0.05, 0) is 24.6 Å². The zero-order valence-electron chi connectivity index (χ0n) is 10.7. The molecule has 0 aromatic heterocycles. The Balaban J connectivity index is 2.74. The van der Waals surface area contributed by atoms with E-state index in [1.54, 1.807) is 0 Å². The normalized spacial score (nSPS) is 9.63. The number of halogens is 1. The van der Waals surface area contributed by atoms with Crippen molar-refractivity contribution in [2.24, 2.45) is 0 Å². The van der Waals surface area contributed by atoms with Crippen LogP contribution < -0.4 is 5.32 Å². The van der Waals surface area contributed by atoms with E-state index in [9.17, 15) is 9.18 Å². The van der Waals surface area contributed by atoms with Crippen molar-refractivity contribution in [2.75, 3.05) is 25.1 Å².